The molecule has 2 aliphatic heterocycles. The van der Waals surface area contributed by atoms with Gasteiger partial charge in [-0.15, -0.1) is 0 Å². The van der Waals surface area contributed by atoms with Crippen LogP contribution in [0.4, 0.5) is 0 Å². The molecule has 102 valence electrons. The minimum atomic E-state index is 0.160. The van der Waals surface area contributed by atoms with E-state index in [1.165, 1.54) is 6.42 Å². The quantitative estimate of drug-likeness (QED) is 0.851. The van der Waals surface area contributed by atoms with Gasteiger partial charge in [-0.1, -0.05) is 0 Å². The van der Waals surface area contributed by atoms with Gasteiger partial charge in [0.15, 0.2) is 0 Å². The summed E-state index contributed by atoms with van der Waals surface area (Å²) in [6.07, 6.45) is 1.33. The van der Waals surface area contributed by atoms with Crippen molar-refractivity contribution in [2.24, 2.45) is 0 Å². The number of amides is 1. The Morgan fingerprint density at radius 2 is 2.11 bits per heavy atom. The lowest BCUT2D eigenvalue weighted by atomic mass is 10.1. The van der Waals surface area contributed by atoms with E-state index in [1.54, 1.807) is 0 Å². The molecule has 1 aromatic rings. The van der Waals surface area contributed by atoms with Gasteiger partial charge in [0.2, 0.25) is 0 Å². The van der Waals surface area contributed by atoms with Gasteiger partial charge in [0.1, 0.15) is 5.75 Å². The number of carbonyl (C=O) groups excluding carboxylic acids is 1. The summed E-state index contributed by atoms with van der Waals surface area (Å²) in [6, 6.07) is 7.97. The van der Waals surface area contributed by atoms with Crippen LogP contribution in [0, 0.1) is 0 Å². The maximum Gasteiger partial charge on any atom is 0.254 e. The molecule has 0 saturated carbocycles. The molecule has 0 aromatic heterocycles. The van der Waals surface area contributed by atoms with Crippen molar-refractivity contribution < 1.29 is 9.53 Å². The molecule has 0 radical (unpaired) electrons. The Morgan fingerprint density at radius 1 is 1.37 bits per heavy atom. The molecule has 4 heteroatoms. The van der Waals surface area contributed by atoms with Gasteiger partial charge >= 0.3 is 0 Å². The molecule has 0 N–H and O–H groups in total. The first-order chi connectivity index (χ1) is 9.13. The molecule has 2 bridgehead atoms. The number of hydrogen-bond acceptors (Lipinski definition) is 3. The van der Waals surface area contributed by atoms with Gasteiger partial charge < -0.3 is 9.64 Å². The van der Waals surface area contributed by atoms with Crippen molar-refractivity contribution in [3.05, 3.63) is 29.8 Å². The highest BCUT2D eigenvalue weighted by molar-refractivity contribution is 8.00. The molecular formula is C15H19NO2S. The van der Waals surface area contributed by atoms with Crippen molar-refractivity contribution in [3.63, 3.8) is 0 Å². The van der Waals surface area contributed by atoms with Crippen molar-refractivity contribution in [3.8, 4) is 5.75 Å². The minimum Gasteiger partial charge on any atom is -0.491 e. The van der Waals surface area contributed by atoms with Gasteiger partial charge in [0.25, 0.3) is 5.91 Å². The zero-order chi connectivity index (χ0) is 13.4. The van der Waals surface area contributed by atoms with Crippen LogP contribution < -0.4 is 4.74 Å². The Balaban J connectivity index is 1.70. The molecule has 2 aliphatic rings. The number of rotatable bonds is 3. The molecule has 3 rings (SSSR count). The van der Waals surface area contributed by atoms with E-state index in [0.717, 1.165) is 23.6 Å². The lowest BCUT2D eigenvalue weighted by Gasteiger charge is -2.26. The van der Waals surface area contributed by atoms with Crippen molar-refractivity contribution in [2.45, 2.75) is 37.7 Å². The summed E-state index contributed by atoms with van der Waals surface area (Å²) in [7, 11) is 0. The summed E-state index contributed by atoms with van der Waals surface area (Å²) < 4.78 is 5.60. The van der Waals surface area contributed by atoms with E-state index in [9.17, 15) is 4.79 Å². The van der Waals surface area contributed by atoms with Crippen LogP contribution >= 0.6 is 11.8 Å². The number of hydrogen-bond donors (Lipinski definition) is 0. The number of ether oxygens (including phenoxy) is 1. The molecule has 3 nitrogen and oxygen atoms in total. The summed E-state index contributed by atoms with van der Waals surface area (Å²) in [4.78, 5) is 14.5. The van der Waals surface area contributed by atoms with Gasteiger partial charge in [-0.3, -0.25) is 4.79 Å². The van der Waals surface area contributed by atoms with E-state index in [2.05, 4.69) is 0 Å². The van der Waals surface area contributed by atoms with Crippen LogP contribution in [-0.2, 0) is 0 Å². The largest absolute Gasteiger partial charge is 0.491 e. The predicted molar refractivity (Wildman–Crippen MR) is 77.9 cm³/mol. The average Bonchev–Trinajstić information content (AvgIpc) is 3.00. The van der Waals surface area contributed by atoms with E-state index in [-0.39, 0.29) is 12.0 Å². The summed E-state index contributed by atoms with van der Waals surface area (Å²) in [5.41, 5.74) is 0.772. The molecule has 0 spiro atoms. The first kappa shape index (κ1) is 12.9. The van der Waals surface area contributed by atoms with Crippen molar-refractivity contribution in [1.82, 2.24) is 4.90 Å². The third kappa shape index (κ3) is 2.59. The van der Waals surface area contributed by atoms with Gasteiger partial charge in [-0.05, 0) is 44.5 Å². The van der Waals surface area contributed by atoms with Gasteiger partial charge in [-0.25, -0.2) is 0 Å². The molecule has 1 aromatic carbocycles. The highest BCUT2D eigenvalue weighted by Crippen LogP contribution is 2.38. The molecule has 0 aliphatic carbocycles. The van der Waals surface area contributed by atoms with E-state index >= 15 is 0 Å². The van der Waals surface area contributed by atoms with E-state index in [1.807, 2.05) is 54.8 Å². The number of thioether (sulfide) groups is 1. The number of likely N-dealkylation sites (tertiary alicyclic amines) is 1. The molecule has 2 saturated heterocycles. The minimum absolute atomic E-state index is 0.160. The summed E-state index contributed by atoms with van der Waals surface area (Å²) in [5.74, 6) is 2.10. The fourth-order valence-corrected chi connectivity index (χ4v) is 4.20. The number of fused-ring (bicyclic) bond motifs is 2. The predicted octanol–water partition coefficient (Wildman–Crippen LogP) is 2.80. The molecule has 19 heavy (non-hydrogen) atoms. The van der Waals surface area contributed by atoms with Crippen molar-refractivity contribution in [1.29, 1.82) is 0 Å². The van der Waals surface area contributed by atoms with Crippen LogP contribution in [0.1, 0.15) is 30.6 Å². The average molecular weight is 277 g/mol. The van der Waals surface area contributed by atoms with Crippen LogP contribution in [0.5, 0.6) is 5.75 Å². The normalized spacial score (nSPS) is 25.1. The van der Waals surface area contributed by atoms with Crippen LogP contribution in [0.2, 0.25) is 0 Å². The van der Waals surface area contributed by atoms with Crippen LogP contribution in [0.3, 0.4) is 0 Å². The van der Waals surface area contributed by atoms with Crippen molar-refractivity contribution in [2.75, 3.05) is 12.3 Å². The van der Waals surface area contributed by atoms with Crippen LogP contribution in [-0.4, -0.2) is 40.5 Å². The topological polar surface area (TPSA) is 29.5 Å². The second-order valence-electron chi connectivity index (χ2n) is 5.49. The maximum atomic E-state index is 12.4. The standard InChI is InChI=1S/C15H19NO2S/c1-10(2)18-13-5-3-11(4-6-13)15(17)16-8-14-7-12(16)9-19-14/h3-6,10,12,14H,7-9H2,1-2H3. The number of nitrogens with zero attached hydrogens (tertiary/aromatic N) is 1. The summed E-state index contributed by atoms with van der Waals surface area (Å²) in [5, 5.41) is 0.664. The van der Waals surface area contributed by atoms with E-state index < -0.39 is 0 Å². The van der Waals surface area contributed by atoms with Crippen molar-refractivity contribution >= 4 is 17.7 Å². The number of carbonyl (C=O) groups is 1. The second-order valence-corrected chi connectivity index (χ2v) is 6.83. The molecular weight excluding hydrogens is 258 g/mol. The Hall–Kier alpha value is -1.16. The molecule has 2 unspecified atom stereocenters. The lowest BCUT2D eigenvalue weighted by Crippen LogP contribution is -2.39. The highest BCUT2D eigenvalue weighted by Gasteiger charge is 2.41. The third-order valence-electron chi connectivity index (χ3n) is 3.63. The Bertz CT molecular complexity index is 472. The zero-order valence-corrected chi connectivity index (χ0v) is 12.2. The van der Waals surface area contributed by atoms with Gasteiger partial charge in [0.05, 0.1) is 6.10 Å². The molecule has 2 atom stereocenters. The summed E-state index contributed by atoms with van der Waals surface area (Å²) >= 11 is 2.00. The lowest BCUT2D eigenvalue weighted by molar-refractivity contribution is 0.0747. The smallest absolute Gasteiger partial charge is 0.254 e. The fraction of sp³-hybridized carbons (Fsp3) is 0.533. The second kappa shape index (κ2) is 5.08. The summed E-state index contributed by atoms with van der Waals surface area (Å²) in [6.45, 7) is 4.91. The Morgan fingerprint density at radius 3 is 2.63 bits per heavy atom. The Labute approximate surface area is 118 Å². The van der Waals surface area contributed by atoms with Crippen LogP contribution in [0.25, 0.3) is 0 Å². The Kier molecular flexibility index (Phi) is 3.44. The van der Waals surface area contributed by atoms with Gasteiger partial charge in [0, 0.05) is 29.2 Å². The van der Waals surface area contributed by atoms with Crippen LogP contribution in [0.15, 0.2) is 24.3 Å². The third-order valence-corrected chi connectivity index (χ3v) is 5.02. The first-order valence-electron chi connectivity index (χ1n) is 6.83. The molecule has 2 heterocycles. The highest BCUT2D eigenvalue weighted by atomic mass is 32.2. The zero-order valence-electron chi connectivity index (χ0n) is 11.3. The fourth-order valence-electron chi connectivity index (χ4n) is 2.76. The maximum absolute atomic E-state index is 12.4. The van der Waals surface area contributed by atoms with E-state index in [0.29, 0.717) is 11.3 Å². The monoisotopic (exact) mass is 277 g/mol. The van der Waals surface area contributed by atoms with E-state index in [4.69, 9.17) is 4.74 Å². The molecule has 1 amide bonds. The molecule has 2 fully saturated rings. The number of benzene rings is 1. The first-order valence-corrected chi connectivity index (χ1v) is 7.87. The SMILES string of the molecule is CC(C)Oc1ccc(C(=O)N2CC3CC2CS3)cc1. The van der Waals surface area contributed by atoms with Gasteiger partial charge in [-0.2, -0.15) is 11.8 Å².